The number of para-hydroxylation sites is 1. The minimum absolute atomic E-state index is 0.146. The molecule has 0 bridgehead atoms. The molecule has 2 aromatic carbocycles. The molecule has 3 N–H and O–H groups in total. The van der Waals surface area contributed by atoms with Crippen LogP contribution in [0, 0.1) is 11.3 Å². The van der Waals surface area contributed by atoms with E-state index in [-0.39, 0.29) is 10.5 Å². The summed E-state index contributed by atoms with van der Waals surface area (Å²) in [5.74, 6) is 0. The Balaban J connectivity index is 1.80. The minimum Gasteiger partial charge on any atom is -0.382 e. The van der Waals surface area contributed by atoms with E-state index in [1.165, 1.54) is 0 Å². The van der Waals surface area contributed by atoms with Crippen LogP contribution in [0.25, 0.3) is 10.9 Å². The number of nitrogens with one attached hydrogen (secondary N) is 3. The molecule has 3 aromatic rings. The van der Waals surface area contributed by atoms with Crippen molar-refractivity contribution in [2.45, 2.75) is 24.3 Å². The number of aromatic amines is 1. The number of rotatable bonds is 7. The van der Waals surface area contributed by atoms with Gasteiger partial charge in [0.2, 0.25) is 0 Å². The third-order valence-electron chi connectivity index (χ3n) is 4.52. The van der Waals surface area contributed by atoms with Crippen molar-refractivity contribution in [3.05, 3.63) is 54.2 Å². The van der Waals surface area contributed by atoms with Gasteiger partial charge in [0, 0.05) is 30.9 Å². The van der Waals surface area contributed by atoms with E-state index in [1.54, 1.807) is 55.8 Å². The molecule has 7 nitrogen and oxygen atoms in total. The number of fused-ring (bicyclic) bond motifs is 1. The highest BCUT2D eigenvalue weighted by atomic mass is 32.2. The first-order valence-electron chi connectivity index (χ1n) is 8.68. The SMILES string of the molecule is COC(C)(C)CNc1ccc(S(=O)(=O)Nc2cccc3c(C#N)c[nH]c23)cc1. The number of sulfonamides is 1. The second kappa shape index (κ2) is 7.54. The van der Waals surface area contributed by atoms with Crippen LogP contribution in [0.1, 0.15) is 19.4 Å². The molecule has 0 saturated heterocycles. The van der Waals surface area contributed by atoms with Crippen molar-refractivity contribution >= 4 is 32.3 Å². The van der Waals surface area contributed by atoms with Gasteiger partial charge >= 0.3 is 0 Å². The molecule has 1 aromatic heterocycles. The monoisotopic (exact) mass is 398 g/mol. The number of anilines is 2. The number of nitriles is 1. The minimum atomic E-state index is -3.77. The maximum absolute atomic E-state index is 12.8. The van der Waals surface area contributed by atoms with Gasteiger partial charge in [-0.2, -0.15) is 5.26 Å². The van der Waals surface area contributed by atoms with E-state index in [4.69, 9.17) is 10.00 Å². The third kappa shape index (κ3) is 4.11. The molecular weight excluding hydrogens is 376 g/mol. The number of hydrogen-bond acceptors (Lipinski definition) is 5. The van der Waals surface area contributed by atoms with Gasteiger partial charge in [0.25, 0.3) is 10.0 Å². The van der Waals surface area contributed by atoms with E-state index >= 15 is 0 Å². The highest BCUT2D eigenvalue weighted by molar-refractivity contribution is 7.92. The molecule has 0 unspecified atom stereocenters. The molecule has 0 aliphatic heterocycles. The molecule has 1 heterocycles. The van der Waals surface area contributed by atoms with E-state index in [2.05, 4.69) is 21.1 Å². The molecule has 0 spiro atoms. The first-order chi connectivity index (χ1) is 13.3. The number of H-pyrrole nitrogens is 1. The predicted octanol–water partition coefficient (Wildman–Crippen LogP) is 3.68. The van der Waals surface area contributed by atoms with Crippen LogP contribution < -0.4 is 10.0 Å². The van der Waals surface area contributed by atoms with Gasteiger partial charge in [-0.25, -0.2) is 8.42 Å². The number of benzene rings is 2. The van der Waals surface area contributed by atoms with Gasteiger partial charge in [-0.3, -0.25) is 4.72 Å². The van der Waals surface area contributed by atoms with Gasteiger partial charge in [0.05, 0.1) is 27.3 Å². The molecule has 0 aliphatic carbocycles. The lowest BCUT2D eigenvalue weighted by Crippen LogP contribution is -2.32. The number of nitrogens with zero attached hydrogens (tertiary/aromatic N) is 1. The van der Waals surface area contributed by atoms with Crippen LogP contribution in [-0.4, -0.2) is 32.7 Å². The molecule has 8 heteroatoms. The smallest absolute Gasteiger partial charge is 0.261 e. The average molecular weight is 398 g/mol. The van der Waals surface area contributed by atoms with Crippen molar-refractivity contribution in [1.29, 1.82) is 5.26 Å². The molecule has 0 radical (unpaired) electrons. The van der Waals surface area contributed by atoms with E-state index in [0.29, 0.717) is 28.7 Å². The molecule has 0 atom stereocenters. The summed E-state index contributed by atoms with van der Waals surface area (Å²) in [5, 5.41) is 13.0. The number of methoxy groups -OCH3 is 1. The van der Waals surface area contributed by atoms with Crippen molar-refractivity contribution in [3.63, 3.8) is 0 Å². The zero-order valence-corrected chi connectivity index (χ0v) is 16.7. The van der Waals surface area contributed by atoms with Crippen LogP contribution in [0.4, 0.5) is 11.4 Å². The summed E-state index contributed by atoms with van der Waals surface area (Å²) in [5.41, 5.74) is 1.90. The summed E-state index contributed by atoms with van der Waals surface area (Å²) in [4.78, 5) is 3.10. The van der Waals surface area contributed by atoms with Crippen molar-refractivity contribution in [2.24, 2.45) is 0 Å². The topological polar surface area (TPSA) is 107 Å². The molecule has 0 aliphatic rings. The predicted molar refractivity (Wildman–Crippen MR) is 110 cm³/mol. The summed E-state index contributed by atoms with van der Waals surface area (Å²) in [6.07, 6.45) is 1.56. The zero-order chi connectivity index (χ0) is 20.4. The summed E-state index contributed by atoms with van der Waals surface area (Å²) in [6, 6.07) is 13.7. The second-order valence-corrected chi connectivity index (χ2v) is 8.67. The fraction of sp³-hybridized carbons (Fsp3) is 0.250. The van der Waals surface area contributed by atoms with Crippen LogP contribution in [0.3, 0.4) is 0 Å². The molecule has 146 valence electrons. The first kappa shape index (κ1) is 19.7. The van der Waals surface area contributed by atoms with Crippen LogP contribution in [0.2, 0.25) is 0 Å². The molecule has 0 saturated carbocycles. The van der Waals surface area contributed by atoms with Gasteiger partial charge in [-0.15, -0.1) is 0 Å². The van der Waals surface area contributed by atoms with Crippen molar-refractivity contribution in [3.8, 4) is 6.07 Å². The van der Waals surface area contributed by atoms with Crippen LogP contribution in [0.15, 0.2) is 53.6 Å². The summed E-state index contributed by atoms with van der Waals surface area (Å²) in [6.45, 7) is 4.51. The number of aromatic nitrogens is 1. The van der Waals surface area contributed by atoms with Crippen LogP contribution >= 0.6 is 0 Å². The van der Waals surface area contributed by atoms with E-state index in [0.717, 1.165) is 5.69 Å². The zero-order valence-electron chi connectivity index (χ0n) is 15.9. The lowest BCUT2D eigenvalue weighted by molar-refractivity contribution is 0.0344. The number of ether oxygens (including phenoxy) is 1. The van der Waals surface area contributed by atoms with Crippen LogP contribution in [-0.2, 0) is 14.8 Å². The highest BCUT2D eigenvalue weighted by Gasteiger charge is 2.18. The molecule has 0 amide bonds. The van der Waals surface area contributed by atoms with Crippen molar-refractivity contribution in [1.82, 2.24) is 4.98 Å². The maximum Gasteiger partial charge on any atom is 0.261 e. The van der Waals surface area contributed by atoms with E-state index in [9.17, 15) is 8.42 Å². The Morgan fingerprint density at radius 2 is 1.89 bits per heavy atom. The highest BCUT2D eigenvalue weighted by Crippen LogP contribution is 2.27. The van der Waals surface area contributed by atoms with Crippen LogP contribution in [0.5, 0.6) is 0 Å². The normalized spacial score (nSPS) is 11.9. The standard InChI is InChI=1S/C20H22N4O3S/c1-20(2,27-3)13-23-15-7-9-16(10-8-15)28(25,26)24-18-6-4-5-17-14(11-21)12-22-19(17)18/h4-10,12,22-24H,13H2,1-3H3. The molecular formula is C20H22N4O3S. The first-order valence-corrected chi connectivity index (χ1v) is 10.2. The van der Waals surface area contributed by atoms with Crippen molar-refractivity contribution in [2.75, 3.05) is 23.7 Å². The quantitative estimate of drug-likeness (QED) is 0.563. The van der Waals surface area contributed by atoms with Gasteiger partial charge in [0.15, 0.2) is 0 Å². The molecule has 3 rings (SSSR count). The summed E-state index contributed by atoms with van der Waals surface area (Å²) >= 11 is 0. The lowest BCUT2D eigenvalue weighted by atomic mass is 10.1. The van der Waals surface area contributed by atoms with Gasteiger partial charge in [0.1, 0.15) is 6.07 Å². The second-order valence-electron chi connectivity index (χ2n) is 6.99. The number of hydrogen-bond donors (Lipinski definition) is 3. The van der Waals surface area contributed by atoms with E-state index < -0.39 is 10.0 Å². The molecule has 0 fully saturated rings. The fourth-order valence-electron chi connectivity index (χ4n) is 2.67. The van der Waals surface area contributed by atoms with E-state index in [1.807, 2.05) is 13.8 Å². The summed E-state index contributed by atoms with van der Waals surface area (Å²) in [7, 11) is -2.13. The lowest BCUT2D eigenvalue weighted by Gasteiger charge is -2.23. The Kier molecular flexibility index (Phi) is 5.31. The summed E-state index contributed by atoms with van der Waals surface area (Å²) < 4.78 is 33.5. The Bertz CT molecular complexity index is 1130. The fourth-order valence-corrected chi connectivity index (χ4v) is 3.75. The Morgan fingerprint density at radius 1 is 1.18 bits per heavy atom. The third-order valence-corrected chi connectivity index (χ3v) is 5.90. The molecule has 28 heavy (non-hydrogen) atoms. The van der Waals surface area contributed by atoms with Gasteiger partial charge in [-0.05, 0) is 44.2 Å². The van der Waals surface area contributed by atoms with Crippen molar-refractivity contribution < 1.29 is 13.2 Å². The Hall–Kier alpha value is -3.02. The average Bonchev–Trinajstić information content (AvgIpc) is 3.11. The maximum atomic E-state index is 12.8. The van der Waals surface area contributed by atoms with Gasteiger partial charge < -0.3 is 15.0 Å². The van der Waals surface area contributed by atoms with Gasteiger partial charge in [-0.1, -0.05) is 12.1 Å². The largest absolute Gasteiger partial charge is 0.382 e. The Morgan fingerprint density at radius 3 is 2.54 bits per heavy atom. The Labute approximate surface area is 164 Å².